The summed E-state index contributed by atoms with van der Waals surface area (Å²) < 4.78 is 43.2. The third-order valence-corrected chi connectivity index (χ3v) is 5.09. The summed E-state index contributed by atoms with van der Waals surface area (Å²) in [5.41, 5.74) is 0.261. The van der Waals surface area contributed by atoms with E-state index < -0.39 is 11.7 Å². The summed E-state index contributed by atoms with van der Waals surface area (Å²) in [6, 6.07) is 11.8. The van der Waals surface area contributed by atoms with Gasteiger partial charge in [-0.15, -0.1) is 10.2 Å². The lowest BCUT2D eigenvalue weighted by Gasteiger charge is -2.31. The summed E-state index contributed by atoms with van der Waals surface area (Å²) in [6.45, 7) is 1.28. The van der Waals surface area contributed by atoms with Gasteiger partial charge in [0.2, 0.25) is 5.91 Å². The fourth-order valence-electron chi connectivity index (χ4n) is 3.41. The van der Waals surface area contributed by atoms with Gasteiger partial charge in [0.25, 0.3) is 0 Å². The van der Waals surface area contributed by atoms with Crippen LogP contribution in [0.2, 0.25) is 0 Å². The second-order valence-electron chi connectivity index (χ2n) is 7.08. The Morgan fingerprint density at radius 3 is 2.33 bits per heavy atom. The van der Waals surface area contributed by atoms with Gasteiger partial charge >= 0.3 is 6.18 Å². The fraction of sp³-hybridized carbons (Fsp3) is 0.286. The molecule has 0 aliphatic carbocycles. The van der Waals surface area contributed by atoms with E-state index in [2.05, 4.69) is 20.4 Å². The lowest BCUT2D eigenvalue weighted by Crippen LogP contribution is -2.38. The van der Waals surface area contributed by atoms with Crippen LogP contribution < -0.4 is 10.2 Å². The molecule has 3 aromatic rings. The van der Waals surface area contributed by atoms with Crippen LogP contribution in [0.25, 0.3) is 11.5 Å². The number of hydrogen-bond donors (Lipinski definition) is 1. The summed E-state index contributed by atoms with van der Waals surface area (Å²) >= 11 is 0. The minimum Gasteiger partial charge on any atom is -0.463 e. The summed E-state index contributed by atoms with van der Waals surface area (Å²) in [6.07, 6.45) is -1.58. The Hall–Kier alpha value is -3.36. The topological polar surface area (TPSA) is 71.3 Å². The summed E-state index contributed by atoms with van der Waals surface area (Å²) in [5, 5.41) is 11.1. The van der Waals surface area contributed by atoms with Crippen LogP contribution in [0.15, 0.2) is 59.2 Å². The summed E-state index contributed by atoms with van der Waals surface area (Å²) in [5.74, 6) is 0.979. The van der Waals surface area contributed by atoms with E-state index in [0.717, 1.165) is 18.0 Å². The molecule has 156 valence electrons. The Kier molecular flexibility index (Phi) is 5.43. The molecule has 9 heteroatoms. The van der Waals surface area contributed by atoms with Crippen LogP contribution in [0.4, 0.5) is 24.7 Å². The van der Waals surface area contributed by atoms with Crippen molar-refractivity contribution in [2.45, 2.75) is 19.0 Å². The SMILES string of the molecule is O=C(Nc1ccc(C(F)(F)F)cc1)C1CCN(c2ccc(-c3ccco3)nn2)CC1. The number of nitrogens with zero attached hydrogens (tertiary/aromatic N) is 3. The predicted molar refractivity (Wildman–Crippen MR) is 105 cm³/mol. The van der Waals surface area contributed by atoms with Gasteiger partial charge in [-0.1, -0.05) is 0 Å². The van der Waals surface area contributed by atoms with Crippen molar-refractivity contribution in [3.05, 3.63) is 60.4 Å². The maximum atomic E-state index is 12.6. The van der Waals surface area contributed by atoms with Crippen molar-refractivity contribution in [3.8, 4) is 11.5 Å². The molecule has 1 aliphatic rings. The molecule has 0 radical (unpaired) electrons. The number of rotatable bonds is 4. The Balaban J connectivity index is 1.31. The first-order chi connectivity index (χ1) is 14.4. The highest BCUT2D eigenvalue weighted by atomic mass is 19.4. The van der Waals surface area contributed by atoms with E-state index in [1.54, 1.807) is 12.3 Å². The van der Waals surface area contributed by atoms with E-state index >= 15 is 0 Å². The third-order valence-electron chi connectivity index (χ3n) is 5.09. The van der Waals surface area contributed by atoms with Gasteiger partial charge < -0.3 is 14.6 Å². The largest absolute Gasteiger partial charge is 0.463 e. The molecule has 1 N–H and O–H groups in total. The van der Waals surface area contributed by atoms with Gasteiger partial charge in [-0.05, 0) is 61.4 Å². The molecule has 0 spiro atoms. The maximum Gasteiger partial charge on any atom is 0.416 e. The van der Waals surface area contributed by atoms with E-state index in [-0.39, 0.29) is 11.8 Å². The lowest BCUT2D eigenvalue weighted by molar-refractivity contribution is -0.137. The molecule has 2 aromatic heterocycles. The van der Waals surface area contributed by atoms with E-state index in [1.165, 1.54) is 12.1 Å². The van der Waals surface area contributed by atoms with Gasteiger partial charge in [0.05, 0.1) is 11.8 Å². The molecule has 1 saturated heterocycles. The quantitative estimate of drug-likeness (QED) is 0.673. The molecule has 0 bridgehead atoms. The standard InChI is InChI=1S/C21H19F3N4O2/c22-21(23,24)15-3-5-16(6-4-15)25-20(29)14-9-11-28(12-10-14)19-8-7-17(26-27-19)18-2-1-13-30-18/h1-8,13-14H,9-12H2,(H,25,29). The molecule has 0 saturated carbocycles. The zero-order valence-corrected chi connectivity index (χ0v) is 15.9. The highest BCUT2D eigenvalue weighted by Gasteiger charge is 2.30. The van der Waals surface area contributed by atoms with Crippen molar-refractivity contribution >= 4 is 17.4 Å². The van der Waals surface area contributed by atoms with E-state index in [1.807, 2.05) is 18.2 Å². The van der Waals surface area contributed by atoms with Crippen molar-refractivity contribution < 1.29 is 22.4 Å². The van der Waals surface area contributed by atoms with Crippen molar-refractivity contribution in [1.82, 2.24) is 10.2 Å². The van der Waals surface area contributed by atoms with Crippen molar-refractivity contribution in [2.75, 3.05) is 23.3 Å². The van der Waals surface area contributed by atoms with Crippen LogP contribution in [0.3, 0.4) is 0 Å². The van der Waals surface area contributed by atoms with Crippen molar-refractivity contribution in [1.29, 1.82) is 0 Å². The van der Waals surface area contributed by atoms with Crippen molar-refractivity contribution in [2.24, 2.45) is 5.92 Å². The van der Waals surface area contributed by atoms with Crippen LogP contribution in [-0.4, -0.2) is 29.2 Å². The van der Waals surface area contributed by atoms with E-state index in [9.17, 15) is 18.0 Å². The number of anilines is 2. The first kappa shape index (κ1) is 19.9. The zero-order chi connectivity index (χ0) is 21.1. The minimum absolute atomic E-state index is 0.186. The van der Waals surface area contributed by atoms with Crippen LogP contribution >= 0.6 is 0 Å². The molecule has 3 heterocycles. The third kappa shape index (κ3) is 4.45. The van der Waals surface area contributed by atoms with Crippen LogP contribution in [0, 0.1) is 5.92 Å². The second-order valence-corrected chi connectivity index (χ2v) is 7.08. The molecule has 1 aliphatic heterocycles. The van der Waals surface area contributed by atoms with Gasteiger partial charge in [0.15, 0.2) is 11.6 Å². The molecule has 30 heavy (non-hydrogen) atoms. The number of carbonyl (C=O) groups excluding carboxylic acids is 1. The molecular weight excluding hydrogens is 397 g/mol. The first-order valence-electron chi connectivity index (χ1n) is 9.51. The number of halogens is 3. The van der Waals surface area contributed by atoms with Gasteiger partial charge in [-0.3, -0.25) is 4.79 Å². The molecule has 1 fully saturated rings. The van der Waals surface area contributed by atoms with E-state index in [0.29, 0.717) is 43.1 Å². The first-order valence-corrected chi connectivity index (χ1v) is 9.51. The molecule has 6 nitrogen and oxygen atoms in total. The molecule has 4 rings (SSSR count). The van der Waals surface area contributed by atoms with Crippen molar-refractivity contribution in [3.63, 3.8) is 0 Å². The Morgan fingerprint density at radius 1 is 1.03 bits per heavy atom. The number of furan rings is 1. The normalized spacial score (nSPS) is 15.2. The monoisotopic (exact) mass is 416 g/mol. The lowest BCUT2D eigenvalue weighted by atomic mass is 9.95. The number of benzene rings is 1. The number of hydrogen-bond acceptors (Lipinski definition) is 5. The maximum absolute atomic E-state index is 12.6. The smallest absolute Gasteiger partial charge is 0.416 e. The molecule has 0 atom stereocenters. The number of piperidine rings is 1. The van der Waals surface area contributed by atoms with Gasteiger partial charge in [0, 0.05) is 24.7 Å². The average Bonchev–Trinajstić information content (AvgIpc) is 3.29. The predicted octanol–water partition coefficient (Wildman–Crippen LogP) is 4.61. The molecule has 1 aromatic carbocycles. The molecule has 0 unspecified atom stereocenters. The zero-order valence-electron chi connectivity index (χ0n) is 15.9. The van der Waals surface area contributed by atoms with Crippen LogP contribution in [-0.2, 0) is 11.0 Å². The van der Waals surface area contributed by atoms with Gasteiger partial charge in [0.1, 0.15) is 5.69 Å². The number of amides is 1. The fourth-order valence-corrected chi connectivity index (χ4v) is 3.41. The highest BCUT2D eigenvalue weighted by molar-refractivity contribution is 5.92. The number of nitrogens with one attached hydrogen (secondary N) is 1. The Bertz CT molecular complexity index is 979. The number of aromatic nitrogens is 2. The Morgan fingerprint density at radius 2 is 1.77 bits per heavy atom. The summed E-state index contributed by atoms with van der Waals surface area (Å²) in [4.78, 5) is 14.5. The van der Waals surface area contributed by atoms with E-state index in [4.69, 9.17) is 4.42 Å². The molecule has 1 amide bonds. The average molecular weight is 416 g/mol. The van der Waals surface area contributed by atoms with Gasteiger partial charge in [-0.25, -0.2) is 0 Å². The minimum atomic E-state index is -4.39. The van der Waals surface area contributed by atoms with Crippen LogP contribution in [0.5, 0.6) is 0 Å². The summed E-state index contributed by atoms with van der Waals surface area (Å²) in [7, 11) is 0. The second kappa shape index (κ2) is 8.17. The number of carbonyl (C=O) groups is 1. The highest BCUT2D eigenvalue weighted by Crippen LogP contribution is 2.30. The van der Waals surface area contributed by atoms with Gasteiger partial charge in [-0.2, -0.15) is 13.2 Å². The number of alkyl halides is 3. The van der Waals surface area contributed by atoms with Crippen LogP contribution in [0.1, 0.15) is 18.4 Å². The Labute approximate surface area is 170 Å². The molecular formula is C21H19F3N4O2.